The van der Waals surface area contributed by atoms with E-state index in [0.717, 1.165) is 5.75 Å². The summed E-state index contributed by atoms with van der Waals surface area (Å²) in [5, 5.41) is 9.64. The second-order valence-electron chi connectivity index (χ2n) is 4.53. The highest BCUT2D eigenvalue weighted by molar-refractivity contribution is 5.30. The van der Waals surface area contributed by atoms with Crippen molar-refractivity contribution < 1.29 is 9.84 Å². The van der Waals surface area contributed by atoms with Crippen molar-refractivity contribution in [2.24, 2.45) is 0 Å². The van der Waals surface area contributed by atoms with Crippen LogP contribution in [0.4, 0.5) is 0 Å². The smallest absolute Gasteiger partial charge is 0.122 e. The SMILES string of the molecule is CCC(O)C(C)Oc1cccc(C(C)C)c1. The molecule has 2 atom stereocenters. The van der Waals surface area contributed by atoms with Crippen molar-refractivity contribution in [3.63, 3.8) is 0 Å². The van der Waals surface area contributed by atoms with Crippen LogP contribution in [0.3, 0.4) is 0 Å². The van der Waals surface area contributed by atoms with E-state index in [1.54, 1.807) is 0 Å². The van der Waals surface area contributed by atoms with Crippen LogP contribution in [0.2, 0.25) is 0 Å². The molecule has 0 saturated carbocycles. The minimum atomic E-state index is -0.400. The first kappa shape index (κ1) is 13.0. The molecule has 0 radical (unpaired) electrons. The zero-order valence-corrected chi connectivity index (χ0v) is 10.6. The van der Waals surface area contributed by atoms with Gasteiger partial charge in [-0.2, -0.15) is 0 Å². The van der Waals surface area contributed by atoms with Crippen LogP contribution in [0.15, 0.2) is 24.3 Å². The number of rotatable bonds is 5. The Morgan fingerprint density at radius 1 is 1.25 bits per heavy atom. The topological polar surface area (TPSA) is 29.5 Å². The normalized spacial score (nSPS) is 14.9. The quantitative estimate of drug-likeness (QED) is 0.828. The van der Waals surface area contributed by atoms with Crippen molar-refractivity contribution in [1.82, 2.24) is 0 Å². The zero-order valence-electron chi connectivity index (χ0n) is 10.6. The van der Waals surface area contributed by atoms with E-state index < -0.39 is 6.10 Å². The van der Waals surface area contributed by atoms with Gasteiger partial charge >= 0.3 is 0 Å². The molecule has 1 aromatic rings. The third kappa shape index (κ3) is 3.53. The lowest BCUT2D eigenvalue weighted by molar-refractivity contribution is 0.0451. The summed E-state index contributed by atoms with van der Waals surface area (Å²) in [7, 11) is 0. The molecule has 1 aromatic carbocycles. The number of ether oxygens (including phenoxy) is 1. The molecule has 0 aliphatic carbocycles. The molecule has 90 valence electrons. The van der Waals surface area contributed by atoms with E-state index >= 15 is 0 Å². The summed E-state index contributed by atoms with van der Waals surface area (Å²) in [6.45, 7) is 8.16. The predicted molar refractivity (Wildman–Crippen MR) is 66.9 cm³/mol. The maximum absolute atomic E-state index is 9.64. The average Bonchev–Trinajstić information content (AvgIpc) is 2.28. The molecule has 0 aliphatic rings. The summed E-state index contributed by atoms with van der Waals surface area (Å²) >= 11 is 0. The monoisotopic (exact) mass is 222 g/mol. The van der Waals surface area contributed by atoms with Gasteiger partial charge in [0.05, 0.1) is 6.10 Å². The molecule has 0 aromatic heterocycles. The van der Waals surface area contributed by atoms with Gasteiger partial charge in [-0.25, -0.2) is 0 Å². The molecule has 0 heterocycles. The number of aliphatic hydroxyl groups is 1. The number of aliphatic hydroxyl groups excluding tert-OH is 1. The molecule has 0 spiro atoms. The second-order valence-corrected chi connectivity index (χ2v) is 4.53. The van der Waals surface area contributed by atoms with E-state index in [1.165, 1.54) is 5.56 Å². The van der Waals surface area contributed by atoms with E-state index in [9.17, 15) is 5.11 Å². The highest BCUT2D eigenvalue weighted by Crippen LogP contribution is 2.21. The summed E-state index contributed by atoms with van der Waals surface area (Å²) < 4.78 is 5.71. The van der Waals surface area contributed by atoms with Crippen LogP contribution >= 0.6 is 0 Å². The fourth-order valence-electron chi connectivity index (χ4n) is 1.57. The maximum atomic E-state index is 9.64. The molecule has 0 aliphatic heterocycles. The van der Waals surface area contributed by atoms with Crippen LogP contribution in [-0.4, -0.2) is 17.3 Å². The first-order valence-electron chi connectivity index (χ1n) is 5.99. The molecule has 0 bridgehead atoms. The van der Waals surface area contributed by atoms with Gasteiger partial charge < -0.3 is 9.84 Å². The van der Waals surface area contributed by atoms with Crippen molar-refractivity contribution in [3.8, 4) is 5.75 Å². The van der Waals surface area contributed by atoms with Gasteiger partial charge in [-0.3, -0.25) is 0 Å². The van der Waals surface area contributed by atoms with E-state index in [2.05, 4.69) is 19.9 Å². The third-order valence-corrected chi connectivity index (χ3v) is 2.81. The van der Waals surface area contributed by atoms with Crippen LogP contribution in [0, 0.1) is 0 Å². The summed E-state index contributed by atoms with van der Waals surface area (Å²) in [5.41, 5.74) is 1.26. The van der Waals surface area contributed by atoms with E-state index in [1.807, 2.05) is 32.0 Å². The first-order valence-corrected chi connectivity index (χ1v) is 5.99. The lowest BCUT2D eigenvalue weighted by Crippen LogP contribution is -2.27. The van der Waals surface area contributed by atoms with Crippen molar-refractivity contribution in [2.75, 3.05) is 0 Å². The van der Waals surface area contributed by atoms with Gasteiger partial charge in [-0.1, -0.05) is 32.9 Å². The first-order chi connectivity index (χ1) is 7.54. The average molecular weight is 222 g/mol. The molecule has 0 saturated heterocycles. The Labute approximate surface area is 98.3 Å². The summed E-state index contributed by atoms with van der Waals surface area (Å²) in [6, 6.07) is 8.07. The Hall–Kier alpha value is -1.02. The van der Waals surface area contributed by atoms with Gasteiger partial charge in [-0.15, -0.1) is 0 Å². The molecule has 2 nitrogen and oxygen atoms in total. The molecule has 0 amide bonds. The number of benzene rings is 1. The van der Waals surface area contributed by atoms with Crippen molar-refractivity contribution >= 4 is 0 Å². The molecule has 1 N–H and O–H groups in total. The Balaban J connectivity index is 2.70. The summed E-state index contributed by atoms with van der Waals surface area (Å²) in [6.07, 6.45) is 0.153. The Bertz CT molecular complexity index is 320. The van der Waals surface area contributed by atoms with E-state index in [4.69, 9.17) is 4.74 Å². The van der Waals surface area contributed by atoms with E-state index in [-0.39, 0.29) is 6.10 Å². The van der Waals surface area contributed by atoms with Gasteiger partial charge in [0, 0.05) is 0 Å². The Morgan fingerprint density at radius 3 is 2.50 bits per heavy atom. The standard InChI is InChI=1S/C14H22O2/c1-5-14(15)11(4)16-13-8-6-7-12(9-13)10(2)3/h6-11,14-15H,5H2,1-4H3. The van der Waals surface area contributed by atoms with Crippen LogP contribution in [0.5, 0.6) is 5.75 Å². The van der Waals surface area contributed by atoms with Crippen molar-refractivity contribution in [1.29, 1.82) is 0 Å². The molecule has 16 heavy (non-hydrogen) atoms. The third-order valence-electron chi connectivity index (χ3n) is 2.81. The molecule has 2 unspecified atom stereocenters. The molecular formula is C14H22O2. The van der Waals surface area contributed by atoms with Crippen LogP contribution in [0.1, 0.15) is 45.6 Å². The molecular weight excluding hydrogens is 200 g/mol. The van der Waals surface area contributed by atoms with Gasteiger partial charge in [0.15, 0.2) is 0 Å². The van der Waals surface area contributed by atoms with Gasteiger partial charge in [-0.05, 0) is 37.0 Å². The lowest BCUT2D eigenvalue weighted by Gasteiger charge is -2.20. The second kappa shape index (κ2) is 5.90. The Morgan fingerprint density at radius 2 is 1.94 bits per heavy atom. The van der Waals surface area contributed by atoms with Crippen molar-refractivity contribution in [2.45, 2.75) is 52.2 Å². The molecule has 0 fully saturated rings. The number of hydrogen-bond donors (Lipinski definition) is 1. The van der Waals surface area contributed by atoms with Gasteiger partial charge in [0.2, 0.25) is 0 Å². The van der Waals surface area contributed by atoms with Gasteiger partial charge in [0.25, 0.3) is 0 Å². The van der Waals surface area contributed by atoms with Crippen molar-refractivity contribution in [3.05, 3.63) is 29.8 Å². The highest BCUT2D eigenvalue weighted by Gasteiger charge is 2.13. The maximum Gasteiger partial charge on any atom is 0.122 e. The largest absolute Gasteiger partial charge is 0.488 e. The molecule has 1 rings (SSSR count). The highest BCUT2D eigenvalue weighted by atomic mass is 16.5. The summed E-state index contributed by atoms with van der Waals surface area (Å²) in [4.78, 5) is 0. The number of hydrogen-bond acceptors (Lipinski definition) is 2. The van der Waals surface area contributed by atoms with Crippen LogP contribution < -0.4 is 4.74 Å². The summed E-state index contributed by atoms with van der Waals surface area (Å²) in [5.74, 6) is 1.33. The predicted octanol–water partition coefficient (Wildman–Crippen LogP) is 3.35. The fraction of sp³-hybridized carbons (Fsp3) is 0.571. The lowest BCUT2D eigenvalue weighted by atomic mass is 10.0. The zero-order chi connectivity index (χ0) is 12.1. The van der Waals surface area contributed by atoms with Crippen LogP contribution in [-0.2, 0) is 0 Å². The fourth-order valence-corrected chi connectivity index (χ4v) is 1.57. The van der Waals surface area contributed by atoms with Crippen LogP contribution in [0.25, 0.3) is 0 Å². The minimum Gasteiger partial charge on any atom is -0.488 e. The Kier molecular flexibility index (Phi) is 4.81. The molecule has 2 heteroatoms. The minimum absolute atomic E-state index is 0.160. The van der Waals surface area contributed by atoms with Gasteiger partial charge in [0.1, 0.15) is 11.9 Å². The van der Waals surface area contributed by atoms with E-state index in [0.29, 0.717) is 12.3 Å².